The summed E-state index contributed by atoms with van der Waals surface area (Å²) >= 11 is 0. The Bertz CT molecular complexity index is 226. The Morgan fingerprint density at radius 2 is 2.00 bits per heavy atom. The fraction of sp³-hybridized carbons (Fsp3) is 0. The minimum atomic E-state index is -1.06. The van der Waals surface area contributed by atoms with Gasteiger partial charge in [-0.15, -0.1) is 0 Å². The molecule has 48 valence electrons. The second-order valence-electron chi connectivity index (χ2n) is 1.48. The van der Waals surface area contributed by atoms with Gasteiger partial charge in [0.05, 0.1) is 0 Å². The largest absolute Gasteiger partial charge is 0.504 e. The third-order valence-corrected chi connectivity index (χ3v) is 0.814. The van der Waals surface area contributed by atoms with Crippen LogP contribution >= 0.6 is 0 Å². The summed E-state index contributed by atoms with van der Waals surface area (Å²) in [6.45, 7) is 0. The average Bonchev–Trinajstić information content (AvgIpc) is 1.80. The lowest BCUT2D eigenvalue weighted by molar-refractivity contribution is 0.393. The monoisotopic (exact) mass is 129 g/mol. The van der Waals surface area contributed by atoms with Gasteiger partial charge in [-0.2, -0.15) is 9.37 Å². The molecule has 3 nitrogen and oxygen atoms in total. The van der Waals surface area contributed by atoms with Crippen LogP contribution in [0.4, 0.5) is 4.39 Å². The van der Waals surface area contributed by atoms with Crippen LogP contribution < -0.4 is 0 Å². The van der Waals surface area contributed by atoms with Crippen LogP contribution in [0, 0.1) is 5.95 Å². The van der Waals surface area contributed by atoms with Gasteiger partial charge in [0, 0.05) is 6.07 Å². The number of aromatic hydroxyl groups is 2. The standard InChI is InChI=1S/C5H4FNO2/c6-5-3(8)1-2-4(9)7-5/h1-2,8H,(H,7,9). The minimum Gasteiger partial charge on any atom is -0.504 e. The molecule has 0 fully saturated rings. The Morgan fingerprint density at radius 3 is 2.44 bits per heavy atom. The molecule has 0 radical (unpaired) electrons. The van der Waals surface area contributed by atoms with Gasteiger partial charge in [0.2, 0.25) is 5.88 Å². The highest BCUT2D eigenvalue weighted by molar-refractivity contribution is 5.21. The molecule has 0 aliphatic heterocycles. The summed E-state index contributed by atoms with van der Waals surface area (Å²) in [4.78, 5) is 2.91. The molecule has 4 heteroatoms. The van der Waals surface area contributed by atoms with E-state index in [-0.39, 0.29) is 0 Å². The molecule has 9 heavy (non-hydrogen) atoms. The average molecular weight is 129 g/mol. The van der Waals surface area contributed by atoms with E-state index in [4.69, 9.17) is 10.2 Å². The van der Waals surface area contributed by atoms with Crippen molar-refractivity contribution < 1.29 is 14.6 Å². The number of nitrogens with zero attached hydrogens (tertiary/aromatic N) is 1. The molecule has 0 aliphatic carbocycles. The highest BCUT2D eigenvalue weighted by Gasteiger charge is 1.99. The van der Waals surface area contributed by atoms with Gasteiger partial charge in [0.25, 0.3) is 5.95 Å². The first-order valence-electron chi connectivity index (χ1n) is 2.24. The first kappa shape index (κ1) is 5.81. The van der Waals surface area contributed by atoms with Crippen molar-refractivity contribution in [1.29, 1.82) is 0 Å². The van der Waals surface area contributed by atoms with Gasteiger partial charge in [0.15, 0.2) is 5.75 Å². The van der Waals surface area contributed by atoms with Crippen molar-refractivity contribution in [2.45, 2.75) is 0 Å². The van der Waals surface area contributed by atoms with Gasteiger partial charge in [-0.25, -0.2) is 0 Å². The SMILES string of the molecule is Oc1ccc(O)c(F)n1. The third kappa shape index (κ3) is 1.07. The molecule has 1 rings (SSSR count). The number of hydrogen-bond acceptors (Lipinski definition) is 3. The molecule has 1 heterocycles. The summed E-state index contributed by atoms with van der Waals surface area (Å²) < 4.78 is 12.1. The molecule has 0 saturated heterocycles. The van der Waals surface area contributed by atoms with Crippen molar-refractivity contribution in [3.63, 3.8) is 0 Å². The zero-order chi connectivity index (χ0) is 6.85. The van der Waals surface area contributed by atoms with Crippen molar-refractivity contribution in [1.82, 2.24) is 4.98 Å². The molecule has 2 N–H and O–H groups in total. The molecule has 1 aromatic heterocycles. The summed E-state index contributed by atoms with van der Waals surface area (Å²) in [5.74, 6) is -2.06. The Labute approximate surface area is 50.4 Å². The van der Waals surface area contributed by atoms with Gasteiger partial charge >= 0.3 is 0 Å². The van der Waals surface area contributed by atoms with Gasteiger partial charge in [-0.3, -0.25) is 0 Å². The maximum absolute atomic E-state index is 12.1. The lowest BCUT2D eigenvalue weighted by atomic mass is 10.4. The molecule has 0 atom stereocenters. The second-order valence-corrected chi connectivity index (χ2v) is 1.48. The Morgan fingerprint density at radius 1 is 1.33 bits per heavy atom. The normalized spacial score (nSPS) is 9.44. The van der Waals surface area contributed by atoms with Crippen molar-refractivity contribution in [2.24, 2.45) is 0 Å². The summed E-state index contributed by atoms with van der Waals surface area (Å²) in [7, 11) is 0. The van der Waals surface area contributed by atoms with Crippen molar-refractivity contribution in [2.75, 3.05) is 0 Å². The molecule has 0 amide bonds. The Kier molecular flexibility index (Phi) is 1.22. The summed E-state index contributed by atoms with van der Waals surface area (Å²) in [5, 5.41) is 17.0. The lowest BCUT2D eigenvalue weighted by Gasteiger charge is -1.91. The predicted molar refractivity (Wildman–Crippen MR) is 27.5 cm³/mol. The molecule has 0 aromatic carbocycles. The van der Waals surface area contributed by atoms with Crippen molar-refractivity contribution in [3.8, 4) is 11.6 Å². The van der Waals surface area contributed by atoms with E-state index in [0.29, 0.717) is 0 Å². The van der Waals surface area contributed by atoms with E-state index in [2.05, 4.69) is 4.98 Å². The van der Waals surface area contributed by atoms with Crippen LogP contribution in [0.2, 0.25) is 0 Å². The predicted octanol–water partition coefficient (Wildman–Crippen LogP) is 0.632. The van der Waals surface area contributed by atoms with Crippen LogP contribution in [0.3, 0.4) is 0 Å². The number of pyridine rings is 1. The highest BCUT2D eigenvalue weighted by atomic mass is 19.1. The van der Waals surface area contributed by atoms with E-state index in [1.807, 2.05) is 0 Å². The topological polar surface area (TPSA) is 53.4 Å². The summed E-state index contributed by atoms with van der Waals surface area (Å²) in [5.41, 5.74) is 0. The Hall–Kier alpha value is -1.32. The number of aromatic nitrogens is 1. The van der Waals surface area contributed by atoms with Gasteiger partial charge in [-0.1, -0.05) is 0 Å². The van der Waals surface area contributed by atoms with Crippen LogP contribution in [-0.4, -0.2) is 15.2 Å². The molecule has 0 bridgehead atoms. The quantitative estimate of drug-likeness (QED) is 0.505. The van der Waals surface area contributed by atoms with E-state index < -0.39 is 17.6 Å². The van der Waals surface area contributed by atoms with Crippen molar-refractivity contribution in [3.05, 3.63) is 18.1 Å². The minimum absolute atomic E-state index is 0.440. The van der Waals surface area contributed by atoms with E-state index >= 15 is 0 Å². The fourth-order valence-electron chi connectivity index (χ4n) is 0.417. The number of halogens is 1. The molecule has 0 aliphatic rings. The molecule has 0 spiro atoms. The number of rotatable bonds is 0. The van der Waals surface area contributed by atoms with E-state index in [0.717, 1.165) is 12.1 Å². The maximum Gasteiger partial charge on any atom is 0.258 e. The zero-order valence-corrected chi connectivity index (χ0v) is 4.37. The van der Waals surface area contributed by atoms with Gasteiger partial charge < -0.3 is 10.2 Å². The fourth-order valence-corrected chi connectivity index (χ4v) is 0.417. The third-order valence-electron chi connectivity index (χ3n) is 0.814. The van der Waals surface area contributed by atoms with Crippen molar-refractivity contribution >= 4 is 0 Å². The first-order valence-corrected chi connectivity index (χ1v) is 2.24. The Balaban J connectivity index is 3.17. The highest BCUT2D eigenvalue weighted by Crippen LogP contribution is 2.14. The van der Waals surface area contributed by atoms with E-state index in [1.54, 1.807) is 0 Å². The van der Waals surface area contributed by atoms with Crippen LogP contribution in [0.1, 0.15) is 0 Å². The molecule has 0 saturated carbocycles. The van der Waals surface area contributed by atoms with E-state index in [9.17, 15) is 4.39 Å². The smallest absolute Gasteiger partial charge is 0.258 e. The molecule has 1 aromatic rings. The van der Waals surface area contributed by atoms with Crippen LogP contribution in [0.15, 0.2) is 12.1 Å². The first-order chi connectivity index (χ1) is 4.20. The summed E-state index contributed by atoms with van der Waals surface area (Å²) in [6.07, 6.45) is 0. The molecular weight excluding hydrogens is 125 g/mol. The molecule has 0 unspecified atom stereocenters. The second kappa shape index (κ2) is 1.89. The van der Waals surface area contributed by atoms with Gasteiger partial charge in [0.1, 0.15) is 0 Å². The molecular formula is C5H4FNO2. The van der Waals surface area contributed by atoms with Crippen LogP contribution in [0.25, 0.3) is 0 Å². The lowest BCUT2D eigenvalue weighted by Crippen LogP contribution is -1.80. The van der Waals surface area contributed by atoms with Crippen LogP contribution in [0.5, 0.6) is 11.6 Å². The number of hydrogen-bond donors (Lipinski definition) is 2. The van der Waals surface area contributed by atoms with Gasteiger partial charge in [-0.05, 0) is 6.07 Å². The van der Waals surface area contributed by atoms with E-state index in [1.165, 1.54) is 0 Å². The zero-order valence-electron chi connectivity index (χ0n) is 4.37. The van der Waals surface area contributed by atoms with Crippen LogP contribution in [-0.2, 0) is 0 Å². The maximum atomic E-state index is 12.1. The summed E-state index contributed by atoms with van der Waals surface area (Å²) in [6, 6.07) is 2.12.